The molecule has 0 saturated heterocycles. The summed E-state index contributed by atoms with van der Waals surface area (Å²) >= 11 is 2.08. The number of hydrogen-bond acceptors (Lipinski definition) is 6. The van der Waals surface area contributed by atoms with E-state index in [1.165, 1.54) is 13.3 Å². The van der Waals surface area contributed by atoms with Gasteiger partial charge < -0.3 is 14.2 Å². The third kappa shape index (κ3) is 6.55. The van der Waals surface area contributed by atoms with Gasteiger partial charge in [-0.25, -0.2) is 10.2 Å². The molecule has 0 spiro atoms. The number of rotatable bonds is 8. The molecule has 0 aromatic heterocycles. The highest BCUT2D eigenvalue weighted by Gasteiger charge is 2.15. The number of hydrazone groups is 1. The molecule has 7 nitrogen and oxygen atoms in total. The Kier molecular flexibility index (Phi) is 8.20. The zero-order chi connectivity index (χ0) is 22.9. The minimum atomic E-state index is -0.476. The molecule has 32 heavy (non-hydrogen) atoms. The molecular formula is C24H21IN2O5. The molecule has 3 aromatic carbocycles. The van der Waals surface area contributed by atoms with Crippen molar-refractivity contribution in [3.63, 3.8) is 0 Å². The summed E-state index contributed by atoms with van der Waals surface area (Å²) in [5.41, 5.74) is 4.63. The second-order valence-corrected chi connectivity index (χ2v) is 7.84. The Morgan fingerprint density at radius 2 is 1.78 bits per heavy atom. The van der Waals surface area contributed by atoms with Gasteiger partial charge in [0.15, 0.2) is 18.1 Å². The summed E-state index contributed by atoms with van der Waals surface area (Å²) < 4.78 is 17.0. The van der Waals surface area contributed by atoms with E-state index in [2.05, 4.69) is 33.1 Å². The number of carbonyl (C=O) groups excluding carboxylic acids is 2. The van der Waals surface area contributed by atoms with Crippen LogP contribution >= 0.6 is 22.6 Å². The second kappa shape index (κ2) is 11.3. The summed E-state index contributed by atoms with van der Waals surface area (Å²) in [6, 6.07) is 19.5. The zero-order valence-electron chi connectivity index (χ0n) is 17.5. The molecule has 0 aliphatic rings. The highest BCUT2D eigenvalue weighted by Crippen LogP contribution is 2.29. The predicted molar refractivity (Wildman–Crippen MR) is 130 cm³/mol. The van der Waals surface area contributed by atoms with Crippen LogP contribution in [-0.4, -0.2) is 31.8 Å². The van der Waals surface area contributed by atoms with Crippen molar-refractivity contribution in [2.45, 2.75) is 6.92 Å². The lowest BCUT2D eigenvalue weighted by Crippen LogP contribution is -2.24. The largest absolute Gasteiger partial charge is 0.493 e. The van der Waals surface area contributed by atoms with Crippen LogP contribution in [0, 0.1) is 10.5 Å². The molecule has 0 saturated carbocycles. The van der Waals surface area contributed by atoms with Crippen molar-refractivity contribution in [1.29, 1.82) is 0 Å². The first-order valence-corrected chi connectivity index (χ1v) is 10.7. The van der Waals surface area contributed by atoms with Gasteiger partial charge in [-0.1, -0.05) is 29.8 Å². The molecule has 164 valence electrons. The number of benzene rings is 3. The summed E-state index contributed by atoms with van der Waals surface area (Å²) in [6.45, 7) is 1.82. The number of amides is 1. The SMILES string of the molecule is COc1cc(/C=N/NC(=O)COc2ccc(C)cc2)ccc1OC(=O)c1ccccc1I. The third-order valence-electron chi connectivity index (χ3n) is 4.28. The molecule has 0 heterocycles. The smallest absolute Gasteiger partial charge is 0.344 e. The Morgan fingerprint density at radius 3 is 2.50 bits per heavy atom. The molecule has 1 amide bonds. The van der Waals surface area contributed by atoms with E-state index in [0.29, 0.717) is 22.6 Å². The van der Waals surface area contributed by atoms with E-state index in [4.69, 9.17) is 14.2 Å². The molecule has 8 heteroatoms. The second-order valence-electron chi connectivity index (χ2n) is 6.67. The third-order valence-corrected chi connectivity index (χ3v) is 5.22. The van der Waals surface area contributed by atoms with Crippen LogP contribution in [0.1, 0.15) is 21.5 Å². The van der Waals surface area contributed by atoms with Crippen molar-refractivity contribution in [2.24, 2.45) is 5.10 Å². The van der Waals surface area contributed by atoms with Gasteiger partial charge >= 0.3 is 5.97 Å². The van der Waals surface area contributed by atoms with Crippen LogP contribution < -0.4 is 19.6 Å². The van der Waals surface area contributed by atoms with E-state index in [0.717, 1.165) is 9.13 Å². The topological polar surface area (TPSA) is 86.2 Å². The quantitative estimate of drug-likeness (QED) is 0.150. The van der Waals surface area contributed by atoms with Crippen LogP contribution in [0.15, 0.2) is 71.8 Å². The first kappa shape index (κ1) is 23.3. The average Bonchev–Trinajstić information content (AvgIpc) is 2.79. The lowest BCUT2D eigenvalue weighted by atomic mass is 10.2. The molecule has 3 rings (SSSR count). The molecule has 0 aliphatic heterocycles. The van der Waals surface area contributed by atoms with E-state index < -0.39 is 11.9 Å². The molecule has 0 unspecified atom stereocenters. The number of carbonyl (C=O) groups is 2. The van der Waals surface area contributed by atoms with E-state index in [-0.39, 0.29) is 12.4 Å². The molecule has 0 fully saturated rings. The van der Waals surface area contributed by atoms with Gasteiger partial charge in [0.1, 0.15) is 5.75 Å². The fraction of sp³-hybridized carbons (Fsp3) is 0.125. The molecule has 1 N–H and O–H groups in total. The van der Waals surface area contributed by atoms with Gasteiger partial charge in [-0.2, -0.15) is 5.10 Å². The highest BCUT2D eigenvalue weighted by molar-refractivity contribution is 14.1. The Balaban J connectivity index is 1.57. The number of halogens is 1. The Morgan fingerprint density at radius 1 is 1.03 bits per heavy atom. The Bertz CT molecular complexity index is 1130. The normalized spacial score (nSPS) is 10.6. The van der Waals surface area contributed by atoms with Crippen molar-refractivity contribution in [3.8, 4) is 17.2 Å². The lowest BCUT2D eigenvalue weighted by Gasteiger charge is -2.10. The van der Waals surface area contributed by atoms with Gasteiger partial charge in [-0.3, -0.25) is 4.79 Å². The fourth-order valence-electron chi connectivity index (χ4n) is 2.62. The molecular weight excluding hydrogens is 523 g/mol. The van der Waals surface area contributed by atoms with E-state index >= 15 is 0 Å². The molecule has 0 radical (unpaired) electrons. The minimum Gasteiger partial charge on any atom is -0.493 e. The average molecular weight is 544 g/mol. The maximum Gasteiger partial charge on any atom is 0.344 e. The number of hydrogen-bond donors (Lipinski definition) is 1. The van der Waals surface area contributed by atoms with Crippen molar-refractivity contribution in [2.75, 3.05) is 13.7 Å². The van der Waals surface area contributed by atoms with E-state index in [1.54, 1.807) is 42.5 Å². The monoisotopic (exact) mass is 544 g/mol. The van der Waals surface area contributed by atoms with Gasteiger partial charge in [-0.05, 0) is 77.5 Å². The van der Waals surface area contributed by atoms with Crippen molar-refractivity contribution in [1.82, 2.24) is 5.43 Å². The summed E-state index contributed by atoms with van der Waals surface area (Å²) in [5, 5.41) is 3.92. The maximum atomic E-state index is 12.4. The number of esters is 1. The van der Waals surface area contributed by atoms with Crippen molar-refractivity contribution in [3.05, 3.63) is 87.0 Å². The van der Waals surface area contributed by atoms with Crippen LogP contribution in [0.3, 0.4) is 0 Å². The minimum absolute atomic E-state index is 0.156. The van der Waals surface area contributed by atoms with Gasteiger partial charge in [0.05, 0.1) is 18.9 Å². The summed E-state index contributed by atoms with van der Waals surface area (Å²) in [4.78, 5) is 24.3. The predicted octanol–water partition coefficient (Wildman–Crippen LogP) is 4.36. The Labute approximate surface area is 199 Å². The number of nitrogens with one attached hydrogen (secondary N) is 1. The number of nitrogens with zero attached hydrogens (tertiary/aromatic N) is 1. The first-order chi connectivity index (χ1) is 15.5. The van der Waals surface area contributed by atoms with Crippen molar-refractivity contribution >= 4 is 40.7 Å². The Hall–Kier alpha value is -3.40. The van der Waals surface area contributed by atoms with Gasteiger partial charge in [0.25, 0.3) is 5.91 Å². The van der Waals surface area contributed by atoms with Crippen LogP contribution in [0.2, 0.25) is 0 Å². The number of aryl methyl sites for hydroxylation is 1. The summed E-state index contributed by atoms with van der Waals surface area (Å²) in [5.74, 6) is 0.384. The standard InChI is InChI=1S/C24H21IN2O5/c1-16-7-10-18(11-8-16)31-15-23(28)27-26-14-17-9-12-21(22(13-17)30-2)32-24(29)19-5-3-4-6-20(19)25/h3-14H,15H2,1-2H3,(H,27,28)/b26-14+. The zero-order valence-corrected chi connectivity index (χ0v) is 19.7. The molecule has 3 aromatic rings. The van der Waals surface area contributed by atoms with Crippen molar-refractivity contribution < 1.29 is 23.8 Å². The summed E-state index contributed by atoms with van der Waals surface area (Å²) in [7, 11) is 1.48. The lowest BCUT2D eigenvalue weighted by molar-refractivity contribution is -0.123. The van der Waals surface area contributed by atoms with Gasteiger partial charge in [0.2, 0.25) is 0 Å². The van der Waals surface area contributed by atoms with Gasteiger partial charge in [0, 0.05) is 3.57 Å². The maximum absolute atomic E-state index is 12.4. The van der Waals surface area contributed by atoms with E-state index in [9.17, 15) is 9.59 Å². The molecule has 0 aliphatic carbocycles. The van der Waals surface area contributed by atoms with Crippen LogP contribution in [-0.2, 0) is 4.79 Å². The van der Waals surface area contributed by atoms with Crippen LogP contribution in [0.5, 0.6) is 17.2 Å². The van der Waals surface area contributed by atoms with E-state index in [1.807, 2.05) is 31.2 Å². The number of methoxy groups -OCH3 is 1. The fourth-order valence-corrected chi connectivity index (χ4v) is 3.23. The molecule has 0 bridgehead atoms. The van der Waals surface area contributed by atoms with Gasteiger partial charge in [-0.15, -0.1) is 0 Å². The summed E-state index contributed by atoms with van der Waals surface area (Å²) in [6.07, 6.45) is 1.46. The van der Waals surface area contributed by atoms with Crippen LogP contribution in [0.4, 0.5) is 0 Å². The highest BCUT2D eigenvalue weighted by atomic mass is 127. The number of ether oxygens (including phenoxy) is 3. The molecule has 0 atom stereocenters. The first-order valence-electron chi connectivity index (χ1n) is 9.62. The van der Waals surface area contributed by atoms with Crippen LogP contribution in [0.25, 0.3) is 0 Å².